The van der Waals surface area contributed by atoms with E-state index in [2.05, 4.69) is 15.9 Å². The summed E-state index contributed by atoms with van der Waals surface area (Å²) in [5.41, 5.74) is 0.672. The van der Waals surface area contributed by atoms with Gasteiger partial charge in [-0.3, -0.25) is 4.79 Å². The minimum Gasteiger partial charge on any atom is -0.375 e. The Morgan fingerprint density at radius 2 is 2.14 bits per heavy atom. The smallest absolute Gasteiger partial charge is 0.238 e. The number of amides is 1. The zero-order valence-electron chi connectivity index (χ0n) is 12.7. The summed E-state index contributed by atoms with van der Waals surface area (Å²) in [5, 5.41) is 0. The van der Waals surface area contributed by atoms with E-state index in [1.807, 2.05) is 19.9 Å². The largest absolute Gasteiger partial charge is 0.375 e. The molecule has 1 aromatic rings. The molecule has 1 fully saturated rings. The SMILES string of the molecule is CC1CN(C(=O)CS(=O)(=O)Cc2cccc(Br)c2)C(C)CO1. The fourth-order valence-corrected chi connectivity index (χ4v) is 4.23. The van der Waals surface area contributed by atoms with Crippen LogP contribution in [0.15, 0.2) is 28.7 Å². The van der Waals surface area contributed by atoms with Gasteiger partial charge in [-0.05, 0) is 31.5 Å². The van der Waals surface area contributed by atoms with E-state index < -0.39 is 15.6 Å². The maximum Gasteiger partial charge on any atom is 0.238 e. The van der Waals surface area contributed by atoms with E-state index in [0.29, 0.717) is 18.7 Å². The number of rotatable bonds is 4. The molecule has 0 N–H and O–H groups in total. The highest BCUT2D eigenvalue weighted by molar-refractivity contribution is 9.10. The molecule has 22 heavy (non-hydrogen) atoms. The summed E-state index contributed by atoms with van der Waals surface area (Å²) in [7, 11) is -3.49. The Morgan fingerprint density at radius 1 is 1.41 bits per heavy atom. The minimum atomic E-state index is -3.49. The number of sulfone groups is 1. The number of carbonyl (C=O) groups excluding carboxylic acids is 1. The molecule has 1 heterocycles. The van der Waals surface area contributed by atoms with Crippen molar-refractivity contribution in [3.05, 3.63) is 34.3 Å². The second-order valence-electron chi connectivity index (χ2n) is 5.70. The predicted octanol–water partition coefficient (Wildman–Crippen LogP) is 2.00. The van der Waals surface area contributed by atoms with Crippen LogP contribution in [-0.2, 0) is 25.1 Å². The van der Waals surface area contributed by atoms with Gasteiger partial charge in [0.25, 0.3) is 0 Å². The van der Waals surface area contributed by atoms with Gasteiger partial charge in [0.05, 0.1) is 24.5 Å². The van der Waals surface area contributed by atoms with Crippen molar-refractivity contribution in [2.75, 3.05) is 18.9 Å². The first-order valence-electron chi connectivity index (χ1n) is 7.13. The van der Waals surface area contributed by atoms with Gasteiger partial charge in [-0.25, -0.2) is 8.42 Å². The molecule has 0 aliphatic carbocycles. The molecule has 0 bridgehead atoms. The second-order valence-corrected chi connectivity index (χ2v) is 8.68. The Hall–Kier alpha value is -0.920. The lowest BCUT2D eigenvalue weighted by Crippen LogP contribution is -2.51. The number of benzene rings is 1. The monoisotopic (exact) mass is 389 g/mol. The molecule has 1 aromatic carbocycles. The van der Waals surface area contributed by atoms with Gasteiger partial charge in [0, 0.05) is 11.0 Å². The van der Waals surface area contributed by atoms with Gasteiger partial charge in [-0.15, -0.1) is 0 Å². The van der Waals surface area contributed by atoms with E-state index in [1.54, 1.807) is 23.1 Å². The highest BCUT2D eigenvalue weighted by Gasteiger charge is 2.30. The molecule has 0 spiro atoms. The predicted molar refractivity (Wildman–Crippen MR) is 88.2 cm³/mol. The molecule has 0 saturated carbocycles. The lowest BCUT2D eigenvalue weighted by atomic mass is 10.2. The lowest BCUT2D eigenvalue weighted by Gasteiger charge is -2.36. The maximum atomic E-state index is 12.3. The van der Waals surface area contributed by atoms with Crippen LogP contribution in [0.1, 0.15) is 19.4 Å². The van der Waals surface area contributed by atoms with Crippen molar-refractivity contribution < 1.29 is 17.9 Å². The Bertz CT molecular complexity index is 647. The van der Waals surface area contributed by atoms with E-state index in [-0.39, 0.29) is 23.8 Å². The first-order chi connectivity index (χ1) is 10.3. The number of morpholine rings is 1. The quantitative estimate of drug-likeness (QED) is 0.789. The molecule has 1 aliphatic rings. The molecule has 1 aliphatic heterocycles. The van der Waals surface area contributed by atoms with Crippen LogP contribution in [-0.4, -0.2) is 50.3 Å². The molecular weight excluding hydrogens is 370 g/mol. The Morgan fingerprint density at radius 3 is 2.82 bits per heavy atom. The van der Waals surface area contributed by atoms with E-state index in [9.17, 15) is 13.2 Å². The molecule has 1 amide bonds. The Labute approximate surface area is 139 Å². The van der Waals surface area contributed by atoms with Gasteiger partial charge in [0.2, 0.25) is 5.91 Å². The summed E-state index contributed by atoms with van der Waals surface area (Å²) in [5.74, 6) is -0.944. The molecule has 7 heteroatoms. The Balaban J connectivity index is 2.03. The van der Waals surface area contributed by atoms with Crippen LogP contribution < -0.4 is 0 Å². The van der Waals surface area contributed by atoms with Crippen molar-refractivity contribution >= 4 is 31.7 Å². The molecule has 0 aromatic heterocycles. The van der Waals surface area contributed by atoms with Crippen molar-refractivity contribution in [1.29, 1.82) is 0 Å². The van der Waals surface area contributed by atoms with Gasteiger partial charge in [0.1, 0.15) is 5.75 Å². The zero-order chi connectivity index (χ0) is 16.3. The summed E-state index contributed by atoms with van der Waals surface area (Å²) < 4.78 is 30.8. The molecule has 1 saturated heterocycles. The molecule has 2 unspecified atom stereocenters. The lowest BCUT2D eigenvalue weighted by molar-refractivity contribution is -0.140. The van der Waals surface area contributed by atoms with Crippen LogP contribution in [0.25, 0.3) is 0 Å². The van der Waals surface area contributed by atoms with Crippen molar-refractivity contribution in [1.82, 2.24) is 4.90 Å². The first kappa shape index (κ1) is 17.4. The Kier molecular flexibility index (Phi) is 5.63. The summed E-state index contributed by atoms with van der Waals surface area (Å²) in [6.07, 6.45) is -0.0621. The highest BCUT2D eigenvalue weighted by Crippen LogP contribution is 2.16. The minimum absolute atomic E-state index is 0.0621. The fraction of sp³-hybridized carbons (Fsp3) is 0.533. The third-order valence-corrected chi connectivity index (χ3v) is 5.50. The summed E-state index contributed by atoms with van der Waals surface area (Å²) in [6.45, 7) is 4.62. The molecule has 2 rings (SSSR count). The highest BCUT2D eigenvalue weighted by atomic mass is 79.9. The average molecular weight is 390 g/mol. The van der Waals surface area contributed by atoms with Crippen molar-refractivity contribution in [2.45, 2.75) is 31.7 Å². The fourth-order valence-electron chi connectivity index (χ4n) is 2.45. The summed E-state index contributed by atoms with van der Waals surface area (Å²) in [4.78, 5) is 13.9. The molecule has 0 radical (unpaired) electrons. The van der Waals surface area contributed by atoms with E-state index >= 15 is 0 Å². The number of hydrogen-bond acceptors (Lipinski definition) is 4. The number of nitrogens with zero attached hydrogens (tertiary/aromatic N) is 1. The van der Waals surface area contributed by atoms with Gasteiger partial charge >= 0.3 is 0 Å². The molecule has 122 valence electrons. The number of ether oxygens (including phenoxy) is 1. The van der Waals surface area contributed by atoms with Crippen molar-refractivity contribution in [2.24, 2.45) is 0 Å². The summed E-state index contributed by atoms with van der Waals surface area (Å²) in [6, 6.07) is 7.01. The van der Waals surface area contributed by atoms with Crippen LogP contribution in [0.2, 0.25) is 0 Å². The van der Waals surface area contributed by atoms with Crippen LogP contribution in [0.3, 0.4) is 0 Å². The van der Waals surface area contributed by atoms with E-state index in [4.69, 9.17) is 4.74 Å². The maximum absolute atomic E-state index is 12.3. The molecule has 2 atom stereocenters. The normalized spacial score (nSPS) is 22.6. The first-order valence-corrected chi connectivity index (χ1v) is 9.74. The number of carbonyl (C=O) groups is 1. The van der Waals surface area contributed by atoms with Crippen molar-refractivity contribution in [3.8, 4) is 0 Å². The van der Waals surface area contributed by atoms with Gasteiger partial charge in [-0.1, -0.05) is 28.1 Å². The third kappa shape index (κ3) is 4.79. The standard InChI is InChI=1S/C15H20BrNO4S/c1-11-8-21-12(2)7-17(11)15(18)10-22(19,20)9-13-4-3-5-14(16)6-13/h3-6,11-12H,7-10H2,1-2H3. The molecule has 5 nitrogen and oxygen atoms in total. The van der Waals surface area contributed by atoms with Crippen molar-refractivity contribution in [3.63, 3.8) is 0 Å². The average Bonchev–Trinajstić information content (AvgIpc) is 2.40. The van der Waals surface area contributed by atoms with Gasteiger partial charge in [-0.2, -0.15) is 0 Å². The number of halogens is 1. The van der Waals surface area contributed by atoms with E-state index in [1.165, 1.54) is 0 Å². The van der Waals surface area contributed by atoms with Crippen LogP contribution in [0, 0.1) is 0 Å². The number of hydrogen-bond donors (Lipinski definition) is 0. The second kappa shape index (κ2) is 7.10. The van der Waals surface area contributed by atoms with Gasteiger partial charge < -0.3 is 9.64 Å². The van der Waals surface area contributed by atoms with Crippen LogP contribution in [0.4, 0.5) is 0 Å². The van der Waals surface area contributed by atoms with Crippen LogP contribution in [0.5, 0.6) is 0 Å². The van der Waals surface area contributed by atoms with E-state index in [0.717, 1.165) is 4.47 Å². The topological polar surface area (TPSA) is 63.7 Å². The third-order valence-electron chi connectivity index (χ3n) is 3.55. The molecular formula is C15H20BrNO4S. The van der Waals surface area contributed by atoms with Crippen LogP contribution >= 0.6 is 15.9 Å². The zero-order valence-corrected chi connectivity index (χ0v) is 15.1. The van der Waals surface area contributed by atoms with Gasteiger partial charge in [0.15, 0.2) is 9.84 Å². The summed E-state index contributed by atoms with van der Waals surface area (Å²) >= 11 is 3.31.